The molecule has 1 heteroatoms. The number of rotatable bonds is 4. The summed E-state index contributed by atoms with van der Waals surface area (Å²) in [6, 6.07) is 0. The van der Waals surface area contributed by atoms with Gasteiger partial charge in [0.05, 0.1) is 0 Å². The van der Waals surface area contributed by atoms with Gasteiger partial charge in [-0.15, -0.1) is 0 Å². The molecule has 0 aliphatic rings. The molecule has 0 aliphatic carbocycles. The maximum Gasteiger partial charge on any atom is 0.0437 e. The molecule has 0 saturated carbocycles. The molecule has 0 unspecified atom stereocenters. The second-order valence-corrected chi connectivity index (χ2v) is 3.46. The maximum absolute atomic E-state index is 6.05. The van der Waals surface area contributed by atoms with E-state index in [1.807, 2.05) is 26.0 Å². The molecule has 0 N–H and O–H groups in total. The molecular weight excluding hydrogens is 168 g/mol. The molecule has 0 aromatic carbocycles. The second kappa shape index (κ2) is 6.07. The van der Waals surface area contributed by atoms with Gasteiger partial charge in [0.25, 0.3) is 0 Å². The van der Waals surface area contributed by atoms with Crippen LogP contribution in [-0.4, -0.2) is 0 Å². The van der Waals surface area contributed by atoms with E-state index in [4.69, 9.17) is 11.6 Å². The zero-order valence-electron chi connectivity index (χ0n) is 8.15. The Morgan fingerprint density at radius 3 is 2.33 bits per heavy atom. The van der Waals surface area contributed by atoms with Crippen molar-refractivity contribution in [3.8, 4) is 0 Å². The molecule has 0 amide bonds. The fraction of sp³-hybridized carbons (Fsp3) is 0.455. The predicted octanol–water partition coefficient (Wildman–Crippen LogP) is 4.43. The van der Waals surface area contributed by atoms with Crippen LogP contribution in [0.15, 0.2) is 34.9 Å². The SMILES string of the molecule is C=C/C(CCC)=C(/Cl)C=C(C)C. The summed E-state index contributed by atoms with van der Waals surface area (Å²) in [5, 5.41) is 0.826. The third-order valence-electron chi connectivity index (χ3n) is 1.49. The van der Waals surface area contributed by atoms with Crippen LogP contribution in [0.25, 0.3) is 0 Å². The fourth-order valence-electron chi connectivity index (χ4n) is 0.934. The molecule has 0 atom stereocenters. The van der Waals surface area contributed by atoms with Gasteiger partial charge in [0.1, 0.15) is 0 Å². The minimum Gasteiger partial charge on any atom is -0.0987 e. The number of hydrogen-bond donors (Lipinski definition) is 0. The molecule has 0 saturated heterocycles. The van der Waals surface area contributed by atoms with Gasteiger partial charge in [0, 0.05) is 5.03 Å². The van der Waals surface area contributed by atoms with Crippen molar-refractivity contribution in [2.45, 2.75) is 33.6 Å². The van der Waals surface area contributed by atoms with Gasteiger partial charge >= 0.3 is 0 Å². The van der Waals surface area contributed by atoms with E-state index in [2.05, 4.69) is 13.5 Å². The van der Waals surface area contributed by atoms with Gasteiger partial charge in [-0.25, -0.2) is 0 Å². The Morgan fingerprint density at radius 2 is 2.00 bits per heavy atom. The Labute approximate surface area is 80.6 Å². The lowest BCUT2D eigenvalue weighted by Crippen LogP contribution is -1.81. The number of allylic oxidation sites excluding steroid dienone is 5. The van der Waals surface area contributed by atoms with Gasteiger partial charge < -0.3 is 0 Å². The topological polar surface area (TPSA) is 0 Å². The second-order valence-electron chi connectivity index (χ2n) is 3.05. The van der Waals surface area contributed by atoms with Crippen molar-refractivity contribution < 1.29 is 0 Å². The van der Waals surface area contributed by atoms with Crippen molar-refractivity contribution in [1.29, 1.82) is 0 Å². The smallest absolute Gasteiger partial charge is 0.0437 e. The minimum absolute atomic E-state index is 0.826. The van der Waals surface area contributed by atoms with Crippen LogP contribution in [0.2, 0.25) is 0 Å². The monoisotopic (exact) mass is 184 g/mol. The van der Waals surface area contributed by atoms with Crippen molar-refractivity contribution in [3.63, 3.8) is 0 Å². The van der Waals surface area contributed by atoms with Crippen molar-refractivity contribution in [2.24, 2.45) is 0 Å². The van der Waals surface area contributed by atoms with Gasteiger partial charge in [0.2, 0.25) is 0 Å². The fourth-order valence-corrected chi connectivity index (χ4v) is 1.32. The highest BCUT2D eigenvalue weighted by Crippen LogP contribution is 2.18. The minimum atomic E-state index is 0.826. The van der Waals surface area contributed by atoms with E-state index in [-0.39, 0.29) is 0 Å². The molecule has 0 aromatic heterocycles. The number of halogens is 1. The molecule has 0 heterocycles. The van der Waals surface area contributed by atoms with Gasteiger partial charge in [-0.1, -0.05) is 43.2 Å². The molecule has 0 bridgehead atoms. The lowest BCUT2D eigenvalue weighted by atomic mass is 10.1. The first-order valence-corrected chi connectivity index (χ1v) is 4.65. The molecule has 0 spiro atoms. The van der Waals surface area contributed by atoms with Gasteiger partial charge in [-0.2, -0.15) is 0 Å². The van der Waals surface area contributed by atoms with Crippen LogP contribution in [0.5, 0.6) is 0 Å². The molecular formula is C11H17Cl. The summed E-state index contributed by atoms with van der Waals surface area (Å²) >= 11 is 6.05. The summed E-state index contributed by atoms with van der Waals surface area (Å²) in [6.07, 6.45) is 5.93. The van der Waals surface area contributed by atoms with Gasteiger partial charge in [0.15, 0.2) is 0 Å². The van der Waals surface area contributed by atoms with Crippen molar-refractivity contribution in [2.75, 3.05) is 0 Å². The van der Waals surface area contributed by atoms with Crippen LogP contribution in [-0.2, 0) is 0 Å². The van der Waals surface area contributed by atoms with E-state index in [1.54, 1.807) is 0 Å². The Balaban J connectivity index is 4.59. The summed E-state index contributed by atoms with van der Waals surface area (Å²) in [6.45, 7) is 9.95. The van der Waals surface area contributed by atoms with E-state index in [0.717, 1.165) is 23.4 Å². The molecule has 0 aromatic rings. The first kappa shape index (κ1) is 11.5. The molecule has 0 rings (SSSR count). The molecule has 0 fully saturated rings. The number of hydrogen-bond acceptors (Lipinski definition) is 0. The van der Waals surface area contributed by atoms with Crippen LogP contribution in [0, 0.1) is 0 Å². The normalized spacial score (nSPS) is 12.0. The highest BCUT2D eigenvalue weighted by Gasteiger charge is 1.96. The first-order valence-electron chi connectivity index (χ1n) is 4.27. The van der Waals surface area contributed by atoms with Gasteiger partial charge in [-0.3, -0.25) is 0 Å². The highest BCUT2D eigenvalue weighted by atomic mass is 35.5. The molecule has 12 heavy (non-hydrogen) atoms. The Kier molecular flexibility index (Phi) is 5.83. The Hall–Kier alpha value is -0.490. The van der Waals surface area contributed by atoms with Crippen LogP contribution >= 0.6 is 11.6 Å². The van der Waals surface area contributed by atoms with Crippen LogP contribution < -0.4 is 0 Å². The third-order valence-corrected chi connectivity index (χ3v) is 1.84. The molecule has 0 aliphatic heterocycles. The average molecular weight is 185 g/mol. The van der Waals surface area contributed by atoms with Crippen molar-refractivity contribution in [3.05, 3.63) is 34.9 Å². The lowest BCUT2D eigenvalue weighted by molar-refractivity contribution is 0.924. The Morgan fingerprint density at radius 1 is 1.42 bits per heavy atom. The summed E-state index contributed by atoms with van der Waals surface area (Å²) < 4.78 is 0. The summed E-state index contributed by atoms with van der Waals surface area (Å²) in [7, 11) is 0. The van der Waals surface area contributed by atoms with E-state index in [0.29, 0.717) is 0 Å². The first-order chi connectivity index (χ1) is 5.61. The average Bonchev–Trinajstić information content (AvgIpc) is 1.98. The third kappa shape index (κ3) is 4.40. The van der Waals surface area contributed by atoms with Crippen LogP contribution in [0.4, 0.5) is 0 Å². The standard InChI is InChI=1S/C11H17Cl/c1-5-7-10(6-2)11(12)8-9(3)4/h6,8H,2,5,7H2,1,3-4H3/b11-10-. The van der Waals surface area contributed by atoms with E-state index in [1.165, 1.54) is 5.57 Å². The summed E-state index contributed by atoms with van der Waals surface area (Å²) in [5.41, 5.74) is 2.36. The van der Waals surface area contributed by atoms with E-state index < -0.39 is 0 Å². The molecule has 0 radical (unpaired) electrons. The highest BCUT2D eigenvalue weighted by molar-refractivity contribution is 6.31. The van der Waals surface area contributed by atoms with Crippen molar-refractivity contribution in [1.82, 2.24) is 0 Å². The molecule has 68 valence electrons. The summed E-state index contributed by atoms with van der Waals surface area (Å²) in [5.74, 6) is 0. The van der Waals surface area contributed by atoms with E-state index >= 15 is 0 Å². The Bertz CT molecular complexity index is 205. The summed E-state index contributed by atoms with van der Waals surface area (Å²) in [4.78, 5) is 0. The van der Waals surface area contributed by atoms with Crippen molar-refractivity contribution >= 4 is 11.6 Å². The lowest BCUT2D eigenvalue weighted by Gasteiger charge is -2.01. The molecule has 0 nitrogen and oxygen atoms in total. The van der Waals surface area contributed by atoms with Crippen LogP contribution in [0.1, 0.15) is 33.6 Å². The van der Waals surface area contributed by atoms with E-state index in [9.17, 15) is 0 Å². The quantitative estimate of drug-likeness (QED) is 0.567. The zero-order chi connectivity index (χ0) is 9.56. The predicted molar refractivity (Wildman–Crippen MR) is 57.4 cm³/mol. The zero-order valence-corrected chi connectivity index (χ0v) is 8.91. The maximum atomic E-state index is 6.05. The van der Waals surface area contributed by atoms with Gasteiger partial charge in [-0.05, 0) is 31.9 Å². The van der Waals surface area contributed by atoms with Crippen LogP contribution in [0.3, 0.4) is 0 Å². The largest absolute Gasteiger partial charge is 0.0987 e.